The third-order valence-corrected chi connectivity index (χ3v) is 9.39. The summed E-state index contributed by atoms with van der Waals surface area (Å²) in [5, 5.41) is 15.2. The van der Waals surface area contributed by atoms with Crippen LogP contribution in [0.4, 0.5) is 5.69 Å². The van der Waals surface area contributed by atoms with Crippen LogP contribution in [0.3, 0.4) is 0 Å². The molecule has 0 radical (unpaired) electrons. The fraction of sp³-hybridized carbons (Fsp3) is 0. The van der Waals surface area contributed by atoms with Crippen molar-refractivity contribution in [3.8, 4) is 39.7 Å². The number of para-hydroxylation sites is 5. The van der Waals surface area contributed by atoms with Crippen molar-refractivity contribution in [2.75, 3.05) is 0 Å². The van der Waals surface area contributed by atoms with Gasteiger partial charge in [-0.05, 0) is 64.7 Å². The van der Waals surface area contributed by atoms with Crippen LogP contribution in [-0.2, 0) is 0 Å². The molecule has 0 spiro atoms. The molecule has 0 aliphatic carbocycles. The molecule has 0 aliphatic heterocycles. The molecule has 7 aromatic carbocycles. The first-order chi connectivity index (χ1) is 23.7. The number of hydrogen-bond donors (Lipinski definition) is 0. The summed E-state index contributed by atoms with van der Waals surface area (Å²) in [5.74, 6) is 0. The van der Waals surface area contributed by atoms with E-state index in [9.17, 15) is 5.26 Å². The Morgan fingerprint density at radius 1 is 0.479 bits per heavy atom. The monoisotopic (exact) mass is 610 g/mol. The summed E-state index contributed by atoms with van der Waals surface area (Å²) in [6.07, 6.45) is 0. The molecule has 4 nitrogen and oxygen atoms in total. The normalized spacial score (nSPS) is 11.3. The molecule has 2 aromatic heterocycles. The number of fused-ring (bicyclic) bond motifs is 6. The molecular weight excluding hydrogens is 585 g/mol. The van der Waals surface area contributed by atoms with Gasteiger partial charge in [0.05, 0.1) is 46.0 Å². The standard InChI is InChI=1S/C44H26N4/c1-46-39-19-11-18-34(44(39)48-42-22-8-4-16-37(42)38-17-5-9-23-43(38)48)30-24-25-33(31(26-30)28-45)29-12-10-13-32(27-29)47-40-20-6-2-14-35(40)36-15-3-7-21-41(36)47/h2-27H. The maximum Gasteiger partial charge on any atom is 0.211 e. The second kappa shape index (κ2) is 10.9. The van der Waals surface area contributed by atoms with Crippen LogP contribution >= 0.6 is 0 Å². The highest BCUT2D eigenvalue weighted by atomic mass is 15.0. The van der Waals surface area contributed by atoms with Crippen LogP contribution in [0.1, 0.15) is 5.56 Å². The van der Waals surface area contributed by atoms with Gasteiger partial charge >= 0.3 is 0 Å². The fourth-order valence-corrected chi connectivity index (χ4v) is 7.32. The summed E-state index contributed by atoms with van der Waals surface area (Å²) in [5.41, 5.74) is 11.0. The molecule has 0 N–H and O–H groups in total. The lowest BCUT2D eigenvalue weighted by Crippen LogP contribution is -1.98. The molecule has 4 heteroatoms. The lowest BCUT2D eigenvalue weighted by molar-refractivity contribution is 1.18. The van der Waals surface area contributed by atoms with Gasteiger partial charge in [0.15, 0.2) is 0 Å². The molecule has 48 heavy (non-hydrogen) atoms. The number of rotatable bonds is 4. The van der Waals surface area contributed by atoms with Gasteiger partial charge in [-0.1, -0.05) is 115 Å². The maximum atomic E-state index is 10.5. The van der Waals surface area contributed by atoms with Gasteiger partial charge in [-0.3, -0.25) is 0 Å². The van der Waals surface area contributed by atoms with E-state index in [1.807, 2.05) is 42.5 Å². The van der Waals surface area contributed by atoms with E-state index in [0.29, 0.717) is 11.3 Å². The third kappa shape index (κ3) is 4.07. The number of aromatic nitrogens is 2. The molecule has 0 aliphatic rings. The summed E-state index contributed by atoms with van der Waals surface area (Å²) in [6, 6.07) is 56.4. The molecule has 2 heterocycles. The van der Waals surface area contributed by atoms with Gasteiger partial charge in [0, 0.05) is 27.2 Å². The van der Waals surface area contributed by atoms with Crippen molar-refractivity contribution in [2.24, 2.45) is 0 Å². The zero-order valence-corrected chi connectivity index (χ0v) is 25.8. The number of nitriles is 1. The van der Waals surface area contributed by atoms with Crippen LogP contribution in [0.25, 0.3) is 82.1 Å². The summed E-state index contributed by atoms with van der Waals surface area (Å²) in [6.45, 7) is 8.12. The van der Waals surface area contributed by atoms with Gasteiger partial charge in [0.2, 0.25) is 5.69 Å². The Morgan fingerprint density at radius 2 is 1.00 bits per heavy atom. The number of benzene rings is 7. The van der Waals surface area contributed by atoms with Gasteiger partial charge in [0.1, 0.15) is 0 Å². The molecule has 0 bridgehead atoms. The van der Waals surface area contributed by atoms with Crippen LogP contribution in [-0.4, -0.2) is 9.13 Å². The second-order valence-corrected chi connectivity index (χ2v) is 11.9. The summed E-state index contributed by atoms with van der Waals surface area (Å²) >= 11 is 0. The van der Waals surface area contributed by atoms with E-state index in [-0.39, 0.29) is 0 Å². The zero-order chi connectivity index (χ0) is 32.2. The summed E-state index contributed by atoms with van der Waals surface area (Å²) in [7, 11) is 0. The van der Waals surface area contributed by atoms with Crippen LogP contribution in [0, 0.1) is 17.9 Å². The maximum absolute atomic E-state index is 10.5. The predicted molar refractivity (Wildman–Crippen MR) is 197 cm³/mol. The van der Waals surface area contributed by atoms with Crippen molar-refractivity contribution in [3.63, 3.8) is 0 Å². The van der Waals surface area contributed by atoms with Crippen LogP contribution in [0.15, 0.2) is 158 Å². The Kier molecular flexibility index (Phi) is 6.22. The van der Waals surface area contributed by atoms with Crippen LogP contribution in [0.5, 0.6) is 0 Å². The number of nitrogens with zero attached hydrogens (tertiary/aromatic N) is 4. The van der Waals surface area contributed by atoms with E-state index in [1.54, 1.807) is 0 Å². The van der Waals surface area contributed by atoms with Crippen molar-refractivity contribution >= 4 is 49.3 Å². The predicted octanol–water partition coefficient (Wildman–Crippen LogP) is 11.6. The summed E-state index contributed by atoms with van der Waals surface area (Å²) in [4.78, 5) is 3.97. The second-order valence-electron chi connectivity index (χ2n) is 11.9. The molecular formula is C44H26N4. The highest BCUT2D eigenvalue weighted by Gasteiger charge is 2.20. The Hall–Kier alpha value is -6.88. The molecule has 9 aromatic rings. The van der Waals surface area contributed by atoms with Gasteiger partial charge in [-0.2, -0.15) is 5.26 Å². The quantitative estimate of drug-likeness (QED) is 0.183. The molecule has 0 atom stereocenters. The van der Waals surface area contributed by atoms with Crippen molar-refractivity contribution in [2.45, 2.75) is 0 Å². The van der Waals surface area contributed by atoms with Gasteiger partial charge in [0.25, 0.3) is 0 Å². The molecule has 0 fully saturated rings. The van der Waals surface area contributed by atoms with E-state index in [4.69, 9.17) is 6.57 Å². The minimum Gasteiger partial charge on any atom is -0.318 e. The highest BCUT2D eigenvalue weighted by molar-refractivity contribution is 6.11. The molecule has 0 unspecified atom stereocenters. The topological polar surface area (TPSA) is 38.0 Å². The van der Waals surface area contributed by atoms with Crippen molar-refractivity contribution in [1.29, 1.82) is 5.26 Å². The largest absolute Gasteiger partial charge is 0.318 e. The Labute approximate surface area is 277 Å². The van der Waals surface area contributed by atoms with Crippen molar-refractivity contribution in [1.82, 2.24) is 9.13 Å². The minimum absolute atomic E-state index is 0.556. The lowest BCUT2D eigenvalue weighted by atomic mass is 9.94. The average molecular weight is 611 g/mol. The molecule has 0 saturated carbocycles. The Morgan fingerprint density at radius 3 is 1.56 bits per heavy atom. The van der Waals surface area contributed by atoms with Gasteiger partial charge in [-0.15, -0.1) is 0 Å². The Balaban J connectivity index is 1.22. The molecule has 222 valence electrons. The van der Waals surface area contributed by atoms with Crippen molar-refractivity contribution < 1.29 is 0 Å². The number of hydrogen-bond acceptors (Lipinski definition) is 1. The minimum atomic E-state index is 0.556. The van der Waals surface area contributed by atoms with Crippen LogP contribution in [0.2, 0.25) is 0 Å². The molecule has 0 amide bonds. The lowest BCUT2D eigenvalue weighted by Gasteiger charge is -2.17. The van der Waals surface area contributed by atoms with E-state index in [2.05, 4.69) is 135 Å². The molecule has 9 rings (SSSR count). The van der Waals surface area contributed by atoms with E-state index < -0.39 is 0 Å². The van der Waals surface area contributed by atoms with Gasteiger partial charge < -0.3 is 9.13 Å². The first kappa shape index (κ1) is 27.4. The SMILES string of the molecule is [C-]#[N+]c1cccc(-c2ccc(-c3cccc(-n4c5ccccc5c5ccccc54)c3)c(C#N)c2)c1-n1c2ccccc2c2ccccc21. The van der Waals surface area contributed by atoms with Gasteiger partial charge in [-0.25, -0.2) is 4.85 Å². The third-order valence-electron chi connectivity index (χ3n) is 9.39. The first-order valence-electron chi connectivity index (χ1n) is 15.9. The summed E-state index contributed by atoms with van der Waals surface area (Å²) < 4.78 is 4.49. The first-order valence-corrected chi connectivity index (χ1v) is 15.9. The zero-order valence-electron chi connectivity index (χ0n) is 25.8. The Bertz CT molecular complexity index is 2710. The van der Waals surface area contributed by atoms with E-state index >= 15 is 0 Å². The van der Waals surface area contributed by atoms with E-state index in [1.165, 1.54) is 10.8 Å². The average Bonchev–Trinajstić information content (AvgIpc) is 3.67. The smallest absolute Gasteiger partial charge is 0.211 e. The van der Waals surface area contributed by atoms with Crippen LogP contribution < -0.4 is 0 Å². The molecule has 0 saturated heterocycles. The van der Waals surface area contributed by atoms with Crippen molar-refractivity contribution in [3.05, 3.63) is 175 Å². The highest BCUT2D eigenvalue weighted by Crippen LogP contribution is 2.42. The fourth-order valence-electron chi connectivity index (χ4n) is 7.32. The van der Waals surface area contributed by atoms with E-state index in [0.717, 1.165) is 66.5 Å².